The molecular formula is C23H29N7O2. The van der Waals surface area contributed by atoms with Crippen molar-refractivity contribution in [3.8, 4) is 11.4 Å². The number of aryl methyl sites for hydroxylation is 1. The van der Waals surface area contributed by atoms with Crippen LogP contribution < -0.4 is 15.5 Å². The predicted octanol–water partition coefficient (Wildman–Crippen LogP) is 3.27. The molecule has 2 N–H and O–H groups in total. The number of imidazole rings is 1. The van der Waals surface area contributed by atoms with E-state index in [1.807, 2.05) is 38.2 Å². The van der Waals surface area contributed by atoms with Crippen LogP contribution in [-0.4, -0.2) is 57.9 Å². The lowest BCUT2D eigenvalue weighted by Gasteiger charge is -2.34. The Balaban J connectivity index is 1.56. The highest BCUT2D eigenvalue weighted by molar-refractivity contribution is 5.90. The van der Waals surface area contributed by atoms with Gasteiger partial charge in [-0.1, -0.05) is 0 Å². The van der Waals surface area contributed by atoms with Gasteiger partial charge in [0.25, 0.3) is 0 Å². The largest absolute Gasteiger partial charge is 0.377 e. The molecule has 2 aliphatic rings. The number of benzene rings is 1. The average Bonchev–Trinajstić information content (AvgIpc) is 3.58. The number of carbonyl (C=O) groups excluding carboxylic acids is 1. The number of urea groups is 1. The van der Waals surface area contributed by atoms with E-state index in [-0.39, 0.29) is 12.1 Å². The van der Waals surface area contributed by atoms with Gasteiger partial charge in [-0.2, -0.15) is 0 Å². The zero-order valence-electron chi connectivity index (χ0n) is 18.8. The molecule has 32 heavy (non-hydrogen) atoms. The fraction of sp³-hybridized carbons (Fsp3) is 0.478. The molecular weight excluding hydrogens is 406 g/mol. The summed E-state index contributed by atoms with van der Waals surface area (Å²) >= 11 is 0. The molecule has 1 saturated heterocycles. The maximum absolute atomic E-state index is 11.8. The SMILES string of the molecule is CCNC(=O)Nc1ccc(-c2nc(N3CCOCC3C)c3nc(C4CC4)n(C)c3n2)cc1. The van der Waals surface area contributed by atoms with E-state index in [0.717, 1.165) is 40.6 Å². The summed E-state index contributed by atoms with van der Waals surface area (Å²) in [5.41, 5.74) is 3.33. The number of aromatic nitrogens is 4. The first-order valence-corrected chi connectivity index (χ1v) is 11.3. The number of rotatable bonds is 5. The van der Waals surface area contributed by atoms with Crippen LogP contribution in [0, 0.1) is 0 Å². The maximum Gasteiger partial charge on any atom is 0.319 e. The van der Waals surface area contributed by atoms with Gasteiger partial charge in [0.15, 0.2) is 22.8 Å². The highest BCUT2D eigenvalue weighted by Crippen LogP contribution is 2.41. The molecule has 1 saturated carbocycles. The summed E-state index contributed by atoms with van der Waals surface area (Å²) in [5, 5.41) is 5.56. The lowest BCUT2D eigenvalue weighted by atomic mass is 10.2. The van der Waals surface area contributed by atoms with Crippen LogP contribution >= 0.6 is 0 Å². The first kappa shape index (κ1) is 20.7. The Morgan fingerprint density at radius 2 is 1.97 bits per heavy atom. The van der Waals surface area contributed by atoms with Gasteiger partial charge >= 0.3 is 6.03 Å². The summed E-state index contributed by atoms with van der Waals surface area (Å²) in [7, 11) is 2.05. The van der Waals surface area contributed by atoms with Gasteiger partial charge in [-0.3, -0.25) is 0 Å². The minimum absolute atomic E-state index is 0.213. The Morgan fingerprint density at radius 3 is 2.66 bits per heavy atom. The van der Waals surface area contributed by atoms with E-state index in [1.54, 1.807) is 0 Å². The van der Waals surface area contributed by atoms with Crippen molar-refractivity contribution in [1.29, 1.82) is 0 Å². The Labute approximate surface area is 187 Å². The van der Waals surface area contributed by atoms with E-state index >= 15 is 0 Å². The van der Waals surface area contributed by atoms with Crippen molar-refractivity contribution in [2.24, 2.45) is 7.05 Å². The molecule has 0 bridgehead atoms. The highest BCUT2D eigenvalue weighted by Gasteiger charge is 2.32. The van der Waals surface area contributed by atoms with E-state index in [4.69, 9.17) is 19.7 Å². The van der Waals surface area contributed by atoms with Crippen LogP contribution in [0.3, 0.4) is 0 Å². The van der Waals surface area contributed by atoms with Gasteiger partial charge in [-0.05, 0) is 51.0 Å². The molecule has 168 valence electrons. The van der Waals surface area contributed by atoms with Crippen LogP contribution in [0.2, 0.25) is 0 Å². The summed E-state index contributed by atoms with van der Waals surface area (Å²) in [6.45, 7) is 6.73. The summed E-state index contributed by atoms with van der Waals surface area (Å²) < 4.78 is 7.77. The molecule has 3 aromatic rings. The summed E-state index contributed by atoms with van der Waals surface area (Å²) in [6, 6.07) is 7.61. The van der Waals surface area contributed by atoms with Crippen molar-refractivity contribution in [1.82, 2.24) is 24.8 Å². The van der Waals surface area contributed by atoms with E-state index in [9.17, 15) is 4.79 Å². The number of hydrogen-bond acceptors (Lipinski definition) is 6. The second kappa shape index (κ2) is 8.38. The molecule has 2 amide bonds. The van der Waals surface area contributed by atoms with Crippen molar-refractivity contribution >= 4 is 28.7 Å². The van der Waals surface area contributed by atoms with Crippen LogP contribution in [0.5, 0.6) is 0 Å². The highest BCUT2D eigenvalue weighted by atomic mass is 16.5. The molecule has 5 rings (SSSR count). The molecule has 0 radical (unpaired) electrons. The molecule has 0 spiro atoms. The first-order chi connectivity index (χ1) is 15.5. The molecule has 1 unspecified atom stereocenters. The van der Waals surface area contributed by atoms with Crippen molar-refractivity contribution < 1.29 is 9.53 Å². The topological polar surface area (TPSA) is 97.2 Å². The van der Waals surface area contributed by atoms with Gasteiger partial charge in [0.05, 0.1) is 19.3 Å². The van der Waals surface area contributed by atoms with Gasteiger partial charge in [-0.15, -0.1) is 0 Å². The van der Waals surface area contributed by atoms with E-state index in [0.29, 0.717) is 31.5 Å². The molecule has 9 nitrogen and oxygen atoms in total. The quantitative estimate of drug-likeness (QED) is 0.638. The molecule has 2 aromatic heterocycles. The Bertz CT molecular complexity index is 1140. The van der Waals surface area contributed by atoms with E-state index in [1.165, 1.54) is 12.8 Å². The third kappa shape index (κ3) is 3.88. The fourth-order valence-corrected chi connectivity index (χ4v) is 4.18. The molecule has 1 aromatic carbocycles. The fourth-order valence-electron chi connectivity index (χ4n) is 4.18. The first-order valence-electron chi connectivity index (χ1n) is 11.3. The van der Waals surface area contributed by atoms with E-state index in [2.05, 4.69) is 27.0 Å². The van der Waals surface area contributed by atoms with Gasteiger partial charge in [0.1, 0.15) is 5.82 Å². The van der Waals surface area contributed by atoms with Crippen LogP contribution in [0.4, 0.5) is 16.3 Å². The number of amides is 2. The Hall–Kier alpha value is -3.20. The summed E-state index contributed by atoms with van der Waals surface area (Å²) in [6.07, 6.45) is 2.36. The molecule has 1 atom stereocenters. The van der Waals surface area contributed by atoms with Crippen LogP contribution in [0.1, 0.15) is 38.4 Å². The minimum atomic E-state index is -0.219. The molecule has 1 aliphatic carbocycles. The van der Waals surface area contributed by atoms with Crippen molar-refractivity contribution in [2.45, 2.75) is 38.6 Å². The van der Waals surface area contributed by atoms with Crippen molar-refractivity contribution in [3.63, 3.8) is 0 Å². The Kier molecular flexibility index (Phi) is 5.42. The number of fused-ring (bicyclic) bond motifs is 1. The molecule has 2 fully saturated rings. The normalized spacial score (nSPS) is 18.7. The van der Waals surface area contributed by atoms with E-state index < -0.39 is 0 Å². The monoisotopic (exact) mass is 435 g/mol. The number of carbonyl (C=O) groups is 1. The number of hydrogen-bond donors (Lipinski definition) is 2. The number of nitrogens with zero attached hydrogens (tertiary/aromatic N) is 5. The van der Waals surface area contributed by atoms with Crippen LogP contribution in [-0.2, 0) is 11.8 Å². The second-order valence-electron chi connectivity index (χ2n) is 8.53. The summed E-state index contributed by atoms with van der Waals surface area (Å²) in [5.74, 6) is 3.14. The predicted molar refractivity (Wildman–Crippen MR) is 124 cm³/mol. The van der Waals surface area contributed by atoms with Crippen LogP contribution in [0.15, 0.2) is 24.3 Å². The molecule has 9 heteroatoms. The van der Waals surface area contributed by atoms with Gasteiger partial charge in [0.2, 0.25) is 0 Å². The number of nitrogens with one attached hydrogen (secondary N) is 2. The zero-order chi connectivity index (χ0) is 22.2. The lowest BCUT2D eigenvalue weighted by Crippen LogP contribution is -2.44. The lowest BCUT2D eigenvalue weighted by molar-refractivity contribution is 0.0987. The number of morpholine rings is 1. The van der Waals surface area contributed by atoms with Gasteiger partial charge in [-0.25, -0.2) is 19.7 Å². The molecule has 1 aliphatic heterocycles. The smallest absolute Gasteiger partial charge is 0.319 e. The van der Waals surface area contributed by atoms with Crippen molar-refractivity contribution in [2.75, 3.05) is 36.5 Å². The van der Waals surface area contributed by atoms with Gasteiger partial charge in [0, 0.05) is 37.3 Å². The second-order valence-corrected chi connectivity index (χ2v) is 8.53. The minimum Gasteiger partial charge on any atom is -0.377 e. The zero-order valence-corrected chi connectivity index (χ0v) is 18.8. The third-order valence-corrected chi connectivity index (χ3v) is 6.06. The Morgan fingerprint density at radius 1 is 1.19 bits per heavy atom. The van der Waals surface area contributed by atoms with Crippen molar-refractivity contribution in [3.05, 3.63) is 30.1 Å². The molecule has 3 heterocycles. The maximum atomic E-state index is 11.8. The summed E-state index contributed by atoms with van der Waals surface area (Å²) in [4.78, 5) is 29.0. The number of ether oxygens (including phenoxy) is 1. The van der Waals surface area contributed by atoms with Crippen LogP contribution in [0.25, 0.3) is 22.6 Å². The number of anilines is 2. The average molecular weight is 436 g/mol. The standard InChI is InChI=1S/C23H29N7O2/c1-4-24-23(31)25-17-9-7-15(8-10-17)19-27-21-18(26-20(29(21)3)16-5-6-16)22(28-19)30-11-12-32-13-14(30)2/h7-10,14,16H,4-6,11-13H2,1-3H3,(H2,24,25,31). The van der Waals surface area contributed by atoms with Gasteiger partial charge < -0.3 is 24.8 Å². The third-order valence-electron chi connectivity index (χ3n) is 6.06.